The average Bonchev–Trinajstić information content (AvgIpc) is 3.11. The Kier molecular flexibility index (Phi) is 5.15. The molecule has 1 saturated heterocycles. The third-order valence-corrected chi connectivity index (χ3v) is 4.69. The number of pyridine rings is 1. The van der Waals surface area contributed by atoms with Crippen molar-refractivity contribution in [1.82, 2.24) is 15.2 Å². The molecule has 1 fully saturated rings. The Labute approximate surface area is 133 Å². The van der Waals surface area contributed by atoms with E-state index in [9.17, 15) is 4.79 Å². The van der Waals surface area contributed by atoms with Crippen LogP contribution < -0.4 is 5.32 Å². The van der Waals surface area contributed by atoms with Crippen LogP contribution in [0, 0.1) is 0 Å². The van der Waals surface area contributed by atoms with Gasteiger partial charge in [-0.25, -0.2) is 0 Å². The summed E-state index contributed by atoms with van der Waals surface area (Å²) in [5.41, 5.74) is 0.453. The van der Waals surface area contributed by atoms with Gasteiger partial charge in [-0.2, -0.15) is 0 Å². The maximum atomic E-state index is 12.2. The van der Waals surface area contributed by atoms with E-state index in [0.29, 0.717) is 12.2 Å². The third-order valence-electron chi connectivity index (χ3n) is 3.71. The van der Waals surface area contributed by atoms with Gasteiger partial charge in [0.05, 0.1) is 19.3 Å². The monoisotopic (exact) mass is 317 g/mol. The van der Waals surface area contributed by atoms with Gasteiger partial charge in [0.2, 0.25) is 0 Å². The highest BCUT2D eigenvalue weighted by molar-refractivity contribution is 7.10. The smallest absolute Gasteiger partial charge is 0.269 e. The van der Waals surface area contributed by atoms with Gasteiger partial charge in [0, 0.05) is 30.7 Å². The number of morpholine rings is 1. The first kappa shape index (κ1) is 15.1. The van der Waals surface area contributed by atoms with Crippen molar-refractivity contribution in [3.8, 4) is 0 Å². The van der Waals surface area contributed by atoms with Crippen molar-refractivity contribution in [3.05, 3.63) is 52.5 Å². The minimum absolute atomic E-state index is 0.129. The molecule has 6 heteroatoms. The number of rotatable bonds is 5. The molecular formula is C16H19N3O2S. The number of carbonyl (C=O) groups is 1. The van der Waals surface area contributed by atoms with Crippen LogP contribution in [0.15, 0.2) is 41.9 Å². The van der Waals surface area contributed by atoms with Gasteiger partial charge in [-0.1, -0.05) is 12.1 Å². The minimum Gasteiger partial charge on any atom is -0.379 e. The molecule has 1 atom stereocenters. The largest absolute Gasteiger partial charge is 0.379 e. The summed E-state index contributed by atoms with van der Waals surface area (Å²) < 4.78 is 5.43. The van der Waals surface area contributed by atoms with Gasteiger partial charge in [0.15, 0.2) is 0 Å². The number of hydrogen-bond donors (Lipinski definition) is 1. The van der Waals surface area contributed by atoms with Crippen molar-refractivity contribution >= 4 is 17.2 Å². The zero-order chi connectivity index (χ0) is 15.2. The Bertz CT molecular complexity index is 583. The molecule has 1 aliphatic heterocycles. The van der Waals surface area contributed by atoms with E-state index in [1.165, 1.54) is 4.88 Å². The van der Waals surface area contributed by atoms with E-state index in [4.69, 9.17) is 4.74 Å². The molecule has 3 rings (SSSR count). The highest BCUT2D eigenvalue weighted by Gasteiger charge is 2.24. The summed E-state index contributed by atoms with van der Waals surface area (Å²) in [6.45, 7) is 3.85. The number of nitrogens with zero attached hydrogens (tertiary/aromatic N) is 2. The Morgan fingerprint density at radius 3 is 2.86 bits per heavy atom. The van der Waals surface area contributed by atoms with Crippen LogP contribution in [0.1, 0.15) is 21.4 Å². The predicted molar refractivity (Wildman–Crippen MR) is 86.0 cm³/mol. The van der Waals surface area contributed by atoms with Crippen molar-refractivity contribution in [2.45, 2.75) is 6.04 Å². The van der Waals surface area contributed by atoms with Crippen LogP contribution in [0.2, 0.25) is 0 Å². The lowest BCUT2D eigenvalue weighted by molar-refractivity contribution is 0.0169. The summed E-state index contributed by atoms with van der Waals surface area (Å²) in [5, 5.41) is 5.08. The first-order valence-corrected chi connectivity index (χ1v) is 8.27. The van der Waals surface area contributed by atoms with Gasteiger partial charge >= 0.3 is 0 Å². The first-order chi connectivity index (χ1) is 10.8. The molecular weight excluding hydrogens is 298 g/mol. The molecule has 1 amide bonds. The fourth-order valence-corrected chi connectivity index (χ4v) is 3.42. The lowest BCUT2D eigenvalue weighted by Crippen LogP contribution is -2.43. The summed E-state index contributed by atoms with van der Waals surface area (Å²) in [4.78, 5) is 19.9. The normalized spacial score (nSPS) is 17.1. The Balaban J connectivity index is 1.66. The second-order valence-electron chi connectivity index (χ2n) is 5.10. The highest BCUT2D eigenvalue weighted by Crippen LogP contribution is 2.25. The van der Waals surface area contributed by atoms with Crippen LogP contribution >= 0.6 is 11.3 Å². The fraction of sp³-hybridized carbons (Fsp3) is 0.375. The minimum atomic E-state index is -0.129. The van der Waals surface area contributed by atoms with Crippen LogP contribution in [0.4, 0.5) is 0 Å². The van der Waals surface area contributed by atoms with Crippen LogP contribution in [0.3, 0.4) is 0 Å². The van der Waals surface area contributed by atoms with E-state index in [0.717, 1.165) is 26.3 Å². The molecule has 0 aromatic carbocycles. The number of hydrogen-bond acceptors (Lipinski definition) is 5. The summed E-state index contributed by atoms with van der Waals surface area (Å²) >= 11 is 1.72. The molecule has 5 nitrogen and oxygen atoms in total. The molecule has 3 heterocycles. The molecule has 1 N–H and O–H groups in total. The standard InChI is InChI=1S/C16H19N3O2S/c20-16(13-4-1-2-6-17-13)18-12-14(15-5-3-11-22-15)19-7-9-21-10-8-19/h1-6,11,14H,7-10,12H2,(H,18,20)/t14-/m1/s1. The van der Waals surface area contributed by atoms with Gasteiger partial charge < -0.3 is 10.1 Å². The van der Waals surface area contributed by atoms with Gasteiger partial charge in [0.25, 0.3) is 5.91 Å². The number of nitrogens with one attached hydrogen (secondary N) is 1. The molecule has 2 aromatic rings. The van der Waals surface area contributed by atoms with E-state index in [1.54, 1.807) is 29.7 Å². The Morgan fingerprint density at radius 2 is 2.18 bits per heavy atom. The van der Waals surface area contributed by atoms with Crippen molar-refractivity contribution in [1.29, 1.82) is 0 Å². The highest BCUT2D eigenvalue weighted by atomic mass is 32.1. The molecule has 0 saturated carbocycles. The Hall–Kier alpha value is -1.76. The van der Waals surface area contributed by atoms with Gasteiger partial charge in [-0.05, 0) is 23.6 Å². The molecule has 1 aliphatic rings. The van der Waals surface area contributed by atoms with Crippen molar-refractivity contribution in [2.75, 3.05) is 32.8 Å². The molecule has 22 heavy (non-hydrogen) atoms. The van der Waals surface area contributed by atoms with Gasteiger partial charge in [-0.15, -0.1) is 11.3 Å². The van der Waals surface area contributed by atoms with Gasteiger partial charge in [-0.3, -0.25) is 14.7 Å². The van der Waals surface area contributed by atoms with Crippen LogP contribution in [0.5, 0.6) is 0 Å². The van der Waals surface area contributed by atoms with Gasteiger partial charge in [0.1, 0.15) is 5.69 Å². The Morgan fingerprint density at radius 1 is 1.32 bits per heavy atom. The summed E-state index contributed by atoms with van der Waals surface area (Å²) in [5.74, 6) is -0.129. The average molecular weight is 317 g/mol. The lowest BCUT2D eigenvalue weighted by Gasteiger charge is -2.34. The topological polar surface area (TPSA) is 54.5 Å². The number of aromatic nitrogens is 1. The van der Waals surface area contributed by atoms with Crippen molar-refractivity contribution < 1.29 is 9.53 Å². The maximum absolute atomic E-state index is 12.2. The number of amides is 1. The summed E-state index contributed by atoms with van der Waals surface area (Å²) in [6, 6.07) is 9.71. The number of ether oxygens (including phenoxy) is 1. The zero-order valence-electron chi connectivity index (χ0n) is 12.3. The molecule has 0 spiro atoms. The van der Waals surface area contributed by atoms with Crippen molar-refractivity contribution in [2.24, 2.45) is 0 Å². The quantitative estimate of drug-likeness (QED) is 0.916. The second kappa shape index (κ2) is 7.49. The number of thiophene rings is 1. The fourth-order valence-electron chi connectivity index (χ4n) is 2.56. The summed E-state index contributed by atoms with van der Waals surface area (Å²) in [7, 11) is 0. The molecule has 0 bridgehead atoms. The van der Waals surface area contributed by atoms with Crippen LogP contribution in [-0.4, -0.2) is 48.6 Å². The predicted octanol–water partition coefficient (Wildman–Crippen LogP) is 1.95. The molecule has 0 radical (unpaired) electrons. The zero-order valence-corrected chi connectivity index (χ0v) is 13.1. The van der Waals surface area contributed by atoms with E-state index in [1.807, 2.05) is 12.1 Å². The molecule has 116 valence electrons. The van der Waals surface area contributed by atoms with Crippen molar-refractivity contribution in [3.63, 3.8) is 0 Å². The molecule has 0 unspecified atom stereocenters. The molecule has 0 aliphatic carbocycles. The van der Waals surface area contributed by atoms with E-state index < -0.39 is 0 Å². The van der Waals surface area contributed by atoms with E-state index in [-0.39, 0.29) is 11.9 Å². The number of carbonyl (C=O) groups excluding carboxylic acids is 1. The second-order valence-corrected chi connectivity index (χ2v) is 6.08. The van der Waals surface area contributed by atoms with E-state index >= 15 is 0 Å². The summed E-state index contributed by atoms with van der Waals surface area (Å²) in [6.07, 6.45) is 1.63. The van der Waals surface area contributed by atoms with E-state index in [2.05, 4.69) is 26.6 Å². The lowest BCUT2D eigenvalue weighted by atomic mass is 10.2. The molecule has 2 aromatic heterocycles. The van der Waals surface area contributed by atoms with Crippen LogP contribution in [0.25, 0.3) is 0 Å². The SMILES string of the molecule is O=C(NC[C@H](c1cccs1)N1CCOCC1)c1ccccn1. The third kappa shape index (κ3) is 3.71. The maximum Gasteiger partial charge on any atom is 0.269 e. The first-order valence-electron chi connectivity index (χ1n) is 7.39. The van der Waals surface area contributed by atoms with Crippen LogP contribution in [-0.2, 0) is 4.74 Å².